The summed E-state index contributed by atoms with van der Waals surface area (Å²) in [6, 6.07) is 3.66. The third-order valence-electron chi connectivity index (χ3n) is 2.48. The van der Waals surface area contributed by atoms with Gasteiger partial charge < -0.3 is 4.90 Å². The van der Waals surface area contributed by atoms with Crippen LogP contribution in [0.15, 0.2) is 18.2 Å². The van der Waals surface area contributed by atoms with E-state index in [-0.39, 0.29) is 12.4 Å². The molecule has 16 heavy (non-hydrogen) atoms. The van der Waals surface area contributed by atoms with Crippen LogP contribution in [0, 0.1) is 0 Å². The number of anilines is 1. The smallest absolute Gasteiger partial charge is 0.354 e. The molecule has 1 atom stereocenters. The van der Waals surface area contributed by atoms with Gasteiger partial charge in [0.2, 0.25) is 0 Å². The quantitative estimate of drug-likeness (QED) is 0.694. The highest BCUT2D eigenvalue weighted by molar-refractivity contribution is 5.41. The fourth-order valence-corrected chi connectivity index (χ4v) is 1.68. The van der Waals surface area contributed by atoms with Crippen LogP contribution in [0.4, 0.5) is 23.4 Å². The van der Waals surface area contributed by atoms with Crippen LogP contribution in [0.5, 0.6) is 0 Å². The molecule has 2 nitrogen and oxygen atoms in total. The zero-order valence-corrected chi connectivity index (χ0v) is 8.34. The molecular formula is C10H10F4N2. The summed E-state index contributed by atoms with van der Waals surface area (Å²) < 4.78 is 50.0. The lowest BCUT2D eigenvalue weighted by molar-refractivity contribution is -0.141. The fraction of sp³-hybridized carbons (Fsp3) is 0.500. The number of rotatable bonds is 1. The van der Waals surface area contributed by atoms with Crippen molar-refractivity contribution in [2.24, 2.45) is 0 Å². The Kier molecular flexibility index (Phi) is 2.73. The largest absolute Gasteiger partial charge is 0.433 e. The second-order valence-electron chi connectivity index (χ2n) is 3.71. The first-order chi connectivity index (χ1) is 7.47. The van der Waals surface area contributed by atoms with Gasteiger partial charge in [0.1, 0.15) is 17.7 Å². The standard InChI is InChI=1S/C10H10F4N2/c11-7-4-5-16(6-7)9-3-1-2-8(15-9)10(12,13)14/h1-3,7H,4-6H2. The molecule has 1 aliphatic rings. The third kappa shape index (κ3) is 2.25. The van der Waals surface area contributed by atoms with Crippen molar-refractivity contribution in [1.29, 1.82) is 0 Å². The SMILES string of the molecule is FC1CCN(c2cccc(C(F)(F)F)n2)C1. The average Bonchev–Trinajstić information content (AvgIpc) is 2.64. The van der Waals surface area contributed by atoms with Crippen LogP contribution in [0.3, 0.4) is 0 Å². The van der Waals surface area contributed by atoms with E-state index in [9.17, 15) is 17.6 Å². The van der Waals surface area contributed by atoms with E-state index in [0.717, 1.165) is 6.07 Å². The minimum atomic E-state index is -4.45. The van der Waals surface area contributed by atoms with E-state index in [1.54, 1.807) is 0 Å². The number of aromatic nitrogens is 1. The van der Waals surface area contributed by atoms with Gasteiger partial charge in [0.15, 0.2) is 0 Å². The number of nitrogens with zero attached hydrogens (tertiary/aromatic N) is 2. The summed E-state index contributed by atoms with van der Waals surface area (Å²) in [5.74, 6) is 0.190. The summed E-state index contributed by atoms with van der Waals surface area (Å²) in [5, 5.41) is 0. The summed E-state index contributed by atoms with van der Waals surface area (Å²) in [4.78, 5) is 5.02. The Balaban J connectivity index is 2.23. The molecule has 2 rings (SSSR count). The summed E-state index contributed by atoms with van der Waals surface area (Å²) in [7, 11) is 0. The van der Waals surface area contributed by atoms with Gasteiger partial charge in [-0.2, -0.15) is 13.2 Å². The van der Waals surface area contributed by atoms with Crippen molar-refractivity contribution in [3.05, 3.63) is 23.9 Å². The Hall–Kier alpha value is -1.33. The molecule has 1 aromatic rings. The topological polar surface area (TPSA) is 16.1 Å². The molecule has 1 fully saturated rings. The first-order valence-corrected chi connectivity index (χ1v) is 4.90. The summed E-state index contributed by atoms with van der Waals surface area (Å²) in [5.41, 5.74) is -0.938. The zero-order chi connectivity index (χ0) is 11.8. The molecule has 1 aromatic heterocycles. The summed E-state index contributed by atoms with van der Waals surface area (Å²) >= 11 is 0. The van der Waals surface area contributed by atoms with Crippen molar-refractivity contribution in [3.63, 3.8) is 0 Å². The van der Waals surface area contributed by atoms with E-state index in [2.05, 4.69) is 4.98 Å². The van der Waals surface area contributed by atoms with Gasteiger partial charge in [-0.05, 0) is 18.6 Å². The Bertz CT molecular complexity index is 377. The van der Waals surface area contributed by atoms with Crippen molar-refractivity contribution in [3.8, 4) is 0 Å². The predicted octanol–water partition coefficient (Wildman–Crippen LogP) is 2.65. The Morgan fingerprint density at radius 1 is 1.31 bits per heavy atom. The normalized spacial score (nSPS) is 21.5. The molecule has 0 amide bonds. The van der Waals surface area contributed by atoms with Gasteiger partial charge in [-0.15, -0.1) is 0 Å². The lowest BCUT2D eigenvalue weighted by Crippen LogP contribution is -2.22. The molecule has 88 valence electrons. The molecule has 1 saturated heterocycles. The number of hydrogen-bond acceptors (Lipinski definition) is 2. The van der Waals surface area contributed by atoms with Gasteiger partial charge in [0.25, 0.3) is 0 Å². The molecule has 2 heterocycles. The van der Waals surface area contributed by atoms with E-state index in [1.165, 1.54) is 17.0 Å². The highest BCUT2D eigenvalue weighted by atomic mass is 19.4. The average molecular weight is 234 g/mol. The van der Waals surface area contributed by atoms with Crippen LogP contribution in [-0.4, -0.2) is 24.2 Å². The number of halogens is 4. The van der Waals surface area contributed by atoms with Gasteiger partial charge in [0.05, 0.1) is 6.54 Å². The molecule has 0 bridgehead atoms. The van der Waals surface area contributed by atoms with Crippen LogP contribution in [0.25, 0.3) is 0 Å². The van der Waals surface area contributed by atoms with Gasteiger partial charge in [-0.25, -0.2) is 9.37 Å². The minimum absolute atomic E-state index is 0.119. The van der Waals surface area contributed by atoms with E-state index < -0.39 is 18.0 Å². The molecule has 0 spiro atoms. The van der Waals surface area contributed by atoms with Gasteiger partial charge in [-0.3, -0.25) is 0 Å². The third-order valence-corrected chi connectivity index (χ3v) is 2.48. The number of pyridine rings is 1. The second-order valence-corrected chi connectivity index (χ2v) is 3.71. The molecular weight excluding hydrogens is 224 g/mol. The van der Waals surface area contributed by atoms with Crippen LogP contribution < -0.4 is 4.90 Å². The Morgan fingerprint density at radius 2 is 2.06 bits per heavy atom. The molecule has 6 heteroatoms. The predicted molar refractivity (Wildman–Crippen MR) is 51.0 cm³/mol. The Labute approximate surface area is 89.9 Å². The first-order valence-electron chi connectivity index (χ1n) is 4.90. The number of alkyl halides is 4. The van der Waals surface area contributed by atoms with Crippen molar-refractivity contribution < 1.29 is 17.6 Å². The van der Waals surface area contributed by atoms with Crippen LogP contribution in [0.1, 0.15) is 12.1 Å². The molecule has 0 aliphatic carbocycles. The monoisotopic (exact) mass is 234 g/mol. The van der Waals surface area contributed by atoms with Crippen molar-refractivity contribution in [2.75, 3.05) is 18.0 Å². The summed E-state index contributed by atoms with van der Waals surface area (Å²) in [6.45, 7) is 0.532. The van der Waals surface area contributed by atoms with Crippen molar-refractivity contribution in [1.82, 2.24) is 4.98 Å². The van der Waals surface area contributed by atoms with E-state index in [0.29, 0.717) is 13.0 Å². The van der Waals surface area contributed by atoms with Crippen LogP contribution >= 0.6 is 0 Å². The van der Waals surface area contributed by atoms with E-state index in [4.69, 9.17) is 0 Å². The van der Waals surface area contributed by atoms with Crippen molar-refractivity contribution in [2.45, 2.75) is 18.8 Å². The molecule has 1 unspecified atom stereocenters. The Morgan fingerprint density at radius 3 is 2.62 bits per heavy atom. The number of hydrogen-bond donors (Lipinski definition) is 0. The lowest BCUT2D eigenvalue weighted by Gasteiger charge is -2.17. The first kappa shape index (κ1) is 11.2. The van der Waals surface area contributed by atoms with Crippen LogP contribution in [0.2, 0.25) is 0 Å². The summed E-state index contributed by atoms with van der Waals surface area (Å²) in [6.07, 6.45) is -5.08. The zero-order valence-electron chi connectivity index (χ0n) is 8.34. The van der Waals surface area contributed by atoms with Gasteiger partial charge in [-0.1, -0.05) is 6.07 Å². The second kappa shape index (κ2) is 3.92. The van der Waals surface area contributed by atoms with E-state index >= 15 is 0 Å². The minimum Gasteiger partial charge on any atom is -0.354 e. The molecule has 0 radical (unpaired) electrons. The molecule has 0 N–H and O–H groups in total. The molecule has 1 aliphatic heterocycles. The lowest BCUT2D eigenvalue weighted by atomic mass is 10.3. The van der Waals surface area contributed by atoms with E-state index in [1.807, 2.05) is 0 Å². The van der Waals surface area contributed by atoms with Gasteiger partial charge >= 0.3 is 6.18 Å². The van der Waals surface area contributed by atoms with Crippen LogP contribution in [-0.2, 0) is 6.18 Å². The maximum atomic E-state index is 12.9. The molecule has 0 saturated carbocycles. The van der Waals surface area contributed by atoms with Gasteiger partial charge in [0, 0.05) is 6.54 Å². The highest BCUT2D eigenvalue weighted by Crippen LogP contribution is 2.29. The maximum Gasteiger partial charge on any atom is 0.433 e. The van der Waals surface area contributed by atoms with Crippen molar-refractivity contribution >= 4 is 5.82 Å². The fourth-order valence-electron chi connectivity index (χ4n) is 1.68. The maximum absolute atomic E-state index is 12.9. The highest BCUT2D eigenvalue weighted by Gasteiger charge is 2.33. The molecule has 0 aromatic carbocycles.